The zero-order chi connectivity index (χ0) is 12.5. The normalized spacial score (nSPS) is 10.5. The van der Waals surface area contributed by atoms with Crippen molar-refractivity contribution in [2.24, 2.45) is 0 Å². The molecule has 17 heavy (non-hydrogen) atoms. The number of ether oxygens (including phenoxy) is 1. The van der Waals surface area contributed by atoms with Crippen molar-refractivity contribution >= 4 is 5.78 Å². The van der Waals surface area contributed by atoms with Gasteiger partial charge in [-0.1, -0.05) is 44.5 Å². The summed E-state index contributed by atoms with van der Waals surface area (Å²) in [5.74, 6) is 0.207. The van der Waals surface area contributed by atoms with Crippen molar-refractivity contribution in [1.29, 1.82) is 0 Å². The lowest BCUT2D eigenvalue weighted by molar-refractivity contribution is -0.124. The third kappa shape index (κ3) is 5.64. The van der Waals surface area contributed by atoms with Gasteiger partial charge in [-0.3, -0.25) is 4.79 Å². The second-order valence-electron chi connectivity index (χ2n) is 4.31. The van der Waals surface area contributed by atoms with Crippen LogP contribution in [-0.2, 0) is 22.6 Å². The molecule has 0 amide bonds. The lowest BCUT2D eigenvalue weighted by atomic mass is 10.1. The number of rotatable bonds is 8. The Bertz CT molecular complexity index is 345. The Labute approximate surface area is 104 Å². The maximum atomic E-state index is 11.4. The van der Waals surface area contributed by atoms with Crippen molar-refractivity contribution in [3.05, 3.63) is 35.4 Å². The number of carbonyl (C=O) groups excluding carboxylic acids is 1. The van der Waals surface area contributed by atoms with Gasteiger partial charge in [-0.05, 0) is 24.0 Å². The molecule has 0 aliphatic carbocycles. The van der Waals surface area contributed by atoms with Gasteiger partial charge in [0.05, 0.1) is 6.61 Å². The van der Waals surface area contributed by atoms with Gasteiger partial charge in [0.1, 0.15) is 6.61 Å². The molecule has 2 nitrogen and oxygen atoms in total. The Kier molecular flexibility index (Phi) is 6.56. The molecule has 0 aromatic heterocycles. The van der Waals surface area contributed by atoms with E-state index in [1.807, 2.05) is 12.1 Å². The Balaban J connectivity index is 2.28. The lowest BCUT2D eigenvalue weighted by Gasteiger charge is -2.05. The molecular formula is C15H22O2. The minimum atomic E-state index is 0.207. The number of unbranched alkanes of at least 4 members (excludes halogenated alkanes) is 1. The Morgan fingerprint density at radius 2 is 2.00 bits per heavy atom. The Morgan fingerprint density at radius 3 is 2.71 bits per heavy atom. The number of hydrogen-bond acceptors (Lipinski definition) is 2. The summed E-state index contributed by atoms with van der Waals surface area (Å²) in [6.07, 6.45) is 3.70. The molecule has 0 fully saturated rings. The molecule has 1 rings (SSSR count). The van der Waals surface area contributed by atoms with Crippen molar-refractivity contribution in [3.8, 4) is 0 Å². The molecule has 1 aromatic rings. The van der Waals surface area contributed by atoms with E-state index in [1.54, 1.807) is 0 Å². The molecule has 0 N–H and O–H groups in total. The quantitative estimate of drug-likeness (QED) is 0.688. The summed E-state index contributed by atoms with van der Waals surface area (Å²) in [7, 11) is 0. The number of carbonyl (C=O) groups is 1. The highest BCUT2D eigenvalue weighted by Crippen LogP contribution is 2.07. The van der Waals surface area contributed by atoms with Gasteiger partial charge in [-0.15, -0.1) is 0 Å². The van der Waals surface area contributed by atoms with Crippen molar-refractivity contribution in [2.75, 3.05) is 6.61 Å². The van der Waals surface area contributed by atoms with Gasteiger partial charge in [-0.2, -0.15) is 0 Å². The topological polar surface area (TPSA) is 26.3 Å². The molecule has 94 valence electrons. The van der Waals surface area contributed by atoms with Crippen LogP contribution in [0.15, 0.2) is 24.3 Å². The molecule has 0 saturated heterocycles. The monoisotopic (exact) mass is 234 g/mol. The molecule has 0 spiro atoms. The summed E-state index contributed by atoms with van der Waals surface area (Å²) < 4.78 is 5.43. The summed E-state index contributed by atoms with van der Waals surface area (Å²) in [6.45, 7) is 5.00. The molecule has 0 aliphatic rings. The number of benzene rings is 1. The summed E-state index contributed by atoms with van der Waals surface area (Å²) >= 11 is 0. The van der Waals surface area contributed by atoms with E-state index in [2.05, 4.69) is 26.0 Å². The van der Waals surface area contributed by atoms with Crippen LogP contribution in [0.1, 0.15) is 44.2 Å². The zero-order valence-electron chi connectivity index (χ0n) is 10.9. The van der Waals surface area contributed by atoms with Crippen molar-refractivity contribution in [3.63, 3.8) is 0 Å². The first-order valence-corrected chi connectivity index (χ1v) is 6.43. The van der Waals surface area contributed by atoms with Crippen LogP contribution in [0.3, 0.4) is 0 Å². The highest BCUT2D eigenvalue weighted by Gasteiger charge is 2.01. The summed E-state index contributed by atoms with van der Waals surface area (Å²) in [5.41, 5.74) is 2.45. The highest BCUT2D eigenvalue weighted by atomic mass is 16.5. The molecule has 0 atom stereocenters. The minimum absolute atomic E-state index is 0.207. The summed E-state index contributed by atoms with van der Waals surface area (Å²) in [4.78, 5) is 11.4. The van der Waals surface area contributed by atoms with Crippen molar-refractivity contribution in [1.82, 2.24) is 0 Å². The third-order valence-corrected chi connectivity index (χ3v) is 2.74. The van der Waals surface area contributed by atoms with Gasteiger partial charge in [-0.25, -0.2) is 0 Å². The van der Waals surface area contributed by atoms with Gasteiger partial charge >= 0.3 is 0 Å². The van der Waals surface area contributed by atoms with Crippen LogP contribution in [0.25, 0.3) is 0 Å². The molecule has 1 aromatic carbocycles. The van der Waals surface area contributed by atoms with E-state index in [4.69, 9.17) is 4.74 Å². The van der Waals surface area contributed by atoms with Gasteiger partial charge in [0.25, 0.3) is 0 Å². The fraction of sp³-hybridized carbons (Fsp3) is 0.533. The van der Waals surface area contributed by atoms with Crippen LogP contribution in [0.4, 0.5) is 0 Å². The fourth-order valence-electron chi connectivity index (χ4n) is 1.67. The Hall–Kier alpha value is -1.15. The average Bonchev–Trinajstić information content (AvgIpc) is 2.36. The third-order valence-electron chi connectivity index (χ3n) is 2.74. The number of hydrogen-bond donors (Lipinski definition) is 0. The van der Waals surface area contributed by atoms with Gasteiger partial charge in [0, 0.05) is 6.42 Å². The lowest BCUT2D eigenvalue weighted by Crippen LogP contribution is -2.08. The van der Waals surface area contributed by atoms with Crippen LogP contribution >= 0.6 is 0 Å². The molecular weight excluding hydrogens is 212 g/mol. The Morgan fingerprint density at radius 1 is 1.24 bits per heavy atom. The van der Waals surface area contributed by atoms with E-state index in [9.17, 15) is 4.79 Å². The number of ketones is 1. The summed E-state index contributed by atoms with van der Waals surface area (Å²) in [5, 5.41) is 0. The molecule has 2 heteroatoms. The molecule has 0 heterocycles. The van der Waals surface area contributed by atoms with Gasteiger partial charge < -0.3 is 4.74 Å². The first-order valence-electron chi connectivity index (χ1n) is 6.43. The van der Waals surface area contributed by atoms with Crippen LogP contribution in [0.5, 0.6) is 0 Å². The SMILES string of the molecule is CCCCC(=O)COCc1cccc(CC)c1. The van der Waals surface area contributed by atoms with E-state index in [0.717, 1.165) is 24.8 Å². The molecule has 0 aliphatic heterocycles. The first-order chi connectivity index (χ1) is 8.26. The van der Waals surface area contributed by atoms with E-state index < -0.39 is 0 Å². The van der Waals surface area contributed by atoms with E-state index >= 15 is 0 Å². The van der Waals surface area contributed by atoms with Crippen LogP contribution in [0, 0.1) is 0 Å². The second kappa shape index (κ2) is 8.02. The summed E-state index contributed by atoms with van der Waals surface area (Å²) in [6, 6.07) is 8.32. The van der Waals surface area contributed by atoms with Crippen LogP contribution < -0.4 is 0 Å². The molecule has 0 radical (unpaired) electrons. The van der Waals surface area contributed by atoms with E-state index in [-0.39, 0.29) is 12.4 Å². The standard InChI is InChI=1S/C15H22O2/c1-3-5-9-15(16)12-17-11-14-8-6-7-13(4-2)10-14/h6-8,10H,3-5,9,11-12H2,1-2H3. The first kappa shape index (κ1) is 13.9. The fourth-order valence-corrected chi connectivity index (χ4v) is 1.67. The highest BCUT2D eigenvalue weighted by molar-refractivity contribution is 5.79. The maximum Gasteiger partial charge on any atom is 0.158 e. The molecule has 0 unspecified atom stereocenters. The van der Waals surface area contributed by atoms with Crippen molar-refractivity contribution in [2.45, 2.75) is 46.1 Å². The zero-order valence-corrected chi connectivity index (χ0v) is 10.9. The minimum Gasteiger partial charge on any atom is -0.369 e. The average molecular weight is 234 g/mol. The van der Waals surface area contributed by atoms with E-state index in [1.165, 1.54) is 5.56 Å². The van der Waals surface area contributed by atoms with Crippen LogP contribution in [0.2, 0.25) is 0 Å². The largest absolute Gasteiger partial charge is 0.369 e. The number of aryl methyl sites for hydroxylation is 1. The predicted octanol–water partition coefficient (Wildman–Crippen LogP) is 3.52. The van der Waals surface area contributed by atoms with Crippen LogP contribution in [-0.4, -0.2) is 12.4 Å². The van der Waals surface area contributed by atoms with Crippen molar-refractivity contribution < 1.29 is 9.53 Å². The molecule has 0 bridgehead atoms. The van der Waals surface area contributed by atoms with Gasteiger partial charge in [0.2, 0.25) is 0 Å². The van der Waals surface area contributed by atoms with E-state index in [0.29, 0.717) is 13.0 Å². The van der Waals surface area contributed by atoms with Gasteiger partial charge in [0.15, 0.2) is 5.78 Å². The second-order valence-corrected chi connectivity index (χ2v) is 4.31. The predicted molar refractivity (Wildman–Crippen MR) is 70.0 cm³/mol. The molecule has 0 saturated carbocycles. The smallest absolute Gasteiger partial charge is 0.158 e. The maximum absolute atomic E-state index is 11.4. The number of Topliss-reactive ketones (excluding diaryl/α,β-unsaturated/α-hetero) is 1.